The number of amides is 1. The van der Waals surface area contributed by atoms with Crippen LogP contribution in [0.15, 0.2) is 0 Å². The molecular weight excluding hydrogens is 261 g/mol. The van der Waals surface area contributed by atoms with Crippen LogP contribution in [0, 0.1) is 5.92 Å². The lowest BCUT2D eigenvalue weighted by molar-refractivity contribution is -0.180. The van der Waals surface area contributed by atoms with Gasteiger partial charge >= 0.3 is 6.18 Å². The molecule has 19 heavy (non-hydrogen) atoms. The molecule has 2 atom stereocenters. The SMILES string of the molecule is COCCCCNC(=O)C1CCC(C(F)(F)F)CN1. The molecule has 112 valence electrons. The molecule has 1 saturated heterocycles. The summed E-state index contributed by atoms with van der Waals surface area (Å²) in [6, 6.07) is -0.499. The van der Waals surface area contributed by atoms with Crippen molar-refractivity contribution in [3.63, 3.8) is 0 Å². The van der Waals surface area contributed by atoms with Gasteiger partial charge in [0.2, 0.25) is 5.91 Å². The van der Waals surface area contributed by atoms with Crippen molar-refractivity contribution in [2.24, 2.45) is 5.92 Å². The number of rotatable bonds is 6. The minimum atomic E-state index is -4.17. The third kappa shape index (κ3) is 5.78. The number of carbonyl (C=O) groups excluding carboxylic acids is 1. The number of alkyl halides is 3. The maximum absolute atomic E-state index is 12.4. The fourth-order valence-electron chi connectivity index (χ4n) is 2.07. The van der Waals surface area contributed by atoms with Gasteiger partial charge in [-0.25, -0.2) is 0 Å². The van der Waals surface area contributed by atoms with Crippen LogP contribution in [0.5, 0.6) is 0 Å². The molecule has 2 unspecified atom stereocenters. The Labute approximate surface area is 111 Å². The molecule has 0 aliphatic carbocycles. The number of piperidine rings is 1. The minimum absolute atomic E-state index is 0.0122. The Kier molecular flexibility index (Phi) is 6.57. The Hall–Kier alpha value is -0.820. The van der Waals surface area contributed by atoms with Gasteiger partial charge in [0.15, 0.2) is 0 Å². The highest BCUT2D eigenvalue weighted by atomic mass is 19.4. The van der Waals surface area contributed by atoms with Gasteiger partial charge < -0.3 is 15.4 Å². The predicted octanol–water partition coefficient (Wildman–Crippen LogP) is 1.46. The second-order valence-corrected chi connectivity index (χ2v) is 4.77. The number of hydrogen-bond donors (Lipinski definition) is 2. The molecule has 0 bridgehead atoms. The predicted molar refractivity (Wildman–Crippen MR) is 64.7 cm³/mol. The first-order valence-corrected chi connectivity index (χ1v) is 6.52. The molecule has 0 aromatic rings. The van der Waals surface area contributed by atoms with Crippen molar-refractivity contribution in [1.82, 2.24) is 10.6 Å². The van der Waals surface area contributed by atoms with Gasteiger partial charge in [0.05, 0.1) is 12.0 Å². The number of halogens is 3. The number of ether oxygens (including phenoxy) is 1. The summed E-state index contributed by atoms with van der Waals surface area (Å²) in [4.78, 5) is 11.7. The molecule has 4 nitrogen and oxygen atoms in total. The van der Waals surface area contributed by atoms with Crippen molar-refractivity contribution >= 4 is 5.91 Å². The average molecular weight is 282 g/mol. The van der Waals surface area contributed by atoms with Crippen molar-refractivity contribution in [3.05, 3.63) is 0 Å². The lowest BCUT2D eigenvalue weighted by Gasteiger charge is -2.30. The molecule has 7 heteroatoms. The van der Waals surface area contributed by atoms with Crippen LogP contribution < -0.4 is 10.6 Å². The zero-order valence-corrected chi connectivity index (χ0v) is 11.1. The second kappa shape index (κ2) is 7.69. The van der Waals surface area contributed by atoms with Crippen LogP contribution in [0.25, 0.3) is 0 Å². The number of methoxy groups -OCH3 is 1. The number of hydrogen-bond acceptors (Lipinski definition) is 3. The molecule has 0 saturated carbocycles. The third-order valence-electron chi connectivity index (χ3n) is 3.27. The second-order valence-electron chi connectivity index (χ2n) is 4.77. The van der Waals surface area contributed by atoms with Crippen molar-refractivity contribution in [1.29, 1.82) is 0 Å². The molecular formula is C12H21F3N2O2. The highest BCUT2D eigenvalue weighted by molar-refractivity contribution is 5.81. The average Bonchev–Trinajstić information content (AvgIpc) is 2.37. The fourth-order valence-corrected chi connectivity index (χ4v) is 2.07. The molecule has 1 fully saturated rings. The van der Waals surface area contributed by atoms with E-state index in [1.807, 2.05) is 0 Å². The van der Waals surface area contributed by atoms with E-state index in [1.165, 1.54) is 0 Å². The molecule has 0 radical (unpaired) electrons. The quantitative estimate of drug-likeness (QED) is 0.725. The first-order chi connectivity index (χ1) is 8.95. The summed E-state index contributed by atoms with van der Waals surface area (Å²) in [5, 5.41) is 5.40. The molecule has 0 aromatic carbocycles. The molecule has 0 spiro atoms. The van der Waals surface area contributed by atoms with Gasteiger partial charge in [-0.2, -0.15) is 13.2 Å². The van der Waals surface area contributed by atoms with E-state index in [0.717, 1.165) is 12.8 Å². The van der Waals surface area contributed by atoms with E-state index in [4.69, 9.17) is 4.74 Å². The Balaban J connectivity index is 2.18. The van der Waals surface area contributed by atoms with E-state index in [9.17, 15) is 18.0 Å². The van der Waals surface area contributed by atoms with Gasteiger partial charge in [0, 0.05) is 26.8 Å². The molecule has 2 N–H and O–H groups in total. The Morgan fingerprint density at radius 3 is 2.63 bits per heavy atom. The van der Waals surface area contributed by atoms with E-state index in [1.54, 1.807) is 7.11 Å². The van der Waals surface area contributed by atoms with Crippen LogP contribution >= 0.6 is 0 Å². The summed E-state index contributed by atoms with van der Waals surface area (Å²) in [6.07, 6.45) is -2.27. The van der Waals surface area contributed by atoms with Gasteiger partial charge in [-0.05, 0) is 25.7 Å². The number of unbranched alkanes of at least 4 members (excludes halogenated alkanes) is 1. The zero-order chi connectivity index (χ0) is 14.3. The third-order valence-corrected chi connectivity index (χ3v) is 3.27. The first-order valence-electron chi connectivity index (χ1n) is 6.52. The smallest absolute Gasteiger partial charge is 0.385 e. The van der Waals surface area contributed by atoms with E-state index in [2.05, 4.69) is 10.6 Å². The van der Waals surface area contributed by atoms with E-state index in [-0.39, 0.29) is 25.3 Å². The minimum Gasteiger partial charge on any atom is -0.385 e. The van der Waals surface area contributed by atoms with Gasteiger partial charge in [0.1, 0.15) is 0 Å². The highest BCUT2D eigenvalue weighted by Gasteiger charge is 2.42. The molecule has 1 aliphatic heterocycles. The molecule has 1 amide bonds. The molecule has 0 aromatic heterocycles. The highest BCUT2D eigenvalue weighted by Crippen LogP contribution is 2.31. The Morgan fingerprint density at radius 2 is 2.11 bits per heavy atom. The molecule has 1 heterocycles. The van der Waals surface area contributed by atoms with Crippen molar-refractivity contribution in [2.75, 3.05) is 26.8 Å². The Morgan fingerprint density at radius 1 is 1.37 bits per heavy atom. The maximum Gasteiger partial charge on any atom is 0.393 e. The number of nitrogens with one attached hydrogen (secondary N) is 2. The number of carbonyl (C=O) groups is 1. The van der Waals surface area contributed by atoms with Crippen LogP contribution in [0.3, 0.4) is 0 Å². The maximum atomic E-state index is 12.4. The largest absolute Gasteiger partial charge is 0.393 e. The van der Waals surface area contributed by atoms with E-state index < -0.39 is 18.1 Å². The lowest BCUT2D eigenvalue weighted by atomic mass is 9.94. The monoisotopic (exact) mass is 282 g/mol. The summed E-state index contributed by atoms with van der Waals surface area (Å²) < 4.78 is 42.2. The normalized spacial score (nSPS) is 24.2. The standard InChI is InChI=1S/C12H21F3N2O2/c1-19-7-3-2-6-16-11(18)10-5-4-9(8-17-10)12(13,14)15/h9-10,17H,2-8H2,1H3,(H,16,18). The summed E-state index contributed by atoms with van der Waals surface area (Å²) in [5.74, 6) is -1.55. The van der Waals surface area contributed by atoms with Gasteiger partial charge in [-0.15, -0.1) is 0 Å². The van der Waals surface area contributed by atoms with Crippen LogP contribution in [-0.4, -0.2) is 44.9 Å². The van der Waals surface area contributed by atoms with Crippen molar-refractivity contribution < 1.29 is 22.7 Å². The topological polar surface area (TPSA) is 50.4 Å². The zero-order valence-electron chi connectivity index (χ0n) is 11.1. The van der Waals surface area contributed by atoms with Crippen molar-refractivity contribution in [2.45, 2.75) is 37.9 Å². The summed E-state index contributed by atoms with van der Waals surface area (Å²) in [5.41, 5.74) is 0. The van der Waals surface area contributed by atoms with Gasteiger partial charge in [-0.1, -0.05) is 0 Å². The van der Waals surface area contributed by atoms with Crippen LogP contribution in [0.1, 0.15) is 25.7 Å². The van der Waals surface area contributed by atoms with Crippen molar-refractivity contribution in [3.8, 4) is 0 Å². The van der Waals surface area contributed by atoms with Crippen LogP contribution in [-0.2, 0) is 9.53 Å². The first kappa shape index (κ1) is 16.2. The summed E-state index contributed by atoms with van der Waals surface area (Å²) in [6.45, 7) is 0.999. The summed E-state index contributed by atoms with van der Waals surface area (Å²) in [7, 11) is 1.61. The van der Waals surface area contributed by atoms with Crippen LogP contribution in [0.2, 0.25) is 0 Å². The molecule has 1 aliphatic rings. The fraction of sp³-hybridized carbons (Fsp3) is 0.917. The van der Waals surface area contributed by atoms with E-state index >= 15 is 0 Å². The van der Waals surface area contributed by atoms with Gasteiger partial charge in [0.25, 0.3) is 0 Å². The summed E-state index contributed by atoms with van der Waals surface area (Å²) >= 11 is 0. The van der Waals surface area contributed by atoms with Crippen LogP contribution in [0.4, 0.5) is 13.2 Å². The lowest BCUT2D eigenvalue weighted by Crippen LogP contribution is -2.51. The Bertz CT molecular complexity index is 277. The van der Waals surface area contributed by atoms with E-state index in [0.29, 0.717) is 13.2 Å². The van der Waals surface area contributed by atoms with Gasteiger partial charge in [-0.3, -0.25) is 4.79 Å². The molecule has 1 rings (SSSR count).